The fraction of sp³-hybridized carbons (Fsp3) is 0.148. The highest BCUT2D eigenvalue weighted by molar-refractivity contribution is 6.51. The van der Waals surface area contributed by atoms with Crippen molar-refractivity contribution in [2.45, 2.75) is 6.04 Å². The van der Waals surface area contributed by atoms with Crippen molar-refractivity contribution in [2.24, 2.45) is 0 Å². The number of aromatic nitrogens is 2. The lowest BCUT2D eigenvalue weighted by atomic mass is 9.95. The predicted octanol–water partition coefficient (Wildman–Crippen LogP) is 4.49. The van der Waals surface area contributed by atoms with Crippen molar-refractivity contribution in [2.75, 3.05) is 26.2 Å². The molecule has 1 unspecified atom stereocenters. The molecule has 0 spiro atoms. The largest absolute Gasteiger partial charge is 0.507 e. The number of carbonyl (C=O) groups is 2. The molecule has 0 aliphatic carbocycles. The van der Waals surface area contributed by atoms with E-state index in [1.807, 2.05) is 0 Å². The smallest absolute Gasteiger partial charge is 0.302 e. The van der Waals surface area contributed by atoms with Gasteiger partial charge in [-0.15, -0.1) is 0 Å². The number of fused-ring (bicyclic) bond motifs is 1. The normalized spacial score (nSPS) is 16.8. The molecule has 4 aromatic rings. The van der Waals surface area contributed by atoms with Gasteiger partial charge in [0.05, 0.1) is 49.5 Å². The van der Waals surface area contributed by atoms with E-state index in [1.54, 1.807) is 30.3 Å². The van der Waals surface area contributed by atoms with Gasteiger partial charge in [0.1, 0.15) is 23.0 Å². The van der Waals surface area contributed by atoms with Gasteiger partial charge in [-0.05, 0) is 29.8 Å². The first-order valence-corrected chi connectivity index (χ1v) is 11.3. The Morgan fingerprint density at radius 2 is 1.66 bits per heavy atom. The van der Waals surface area contributed by atoms with E-state index in [4.69, 9.17) is 14.2 Å². The second kappa shape index (κ2) is 9.51. The van der Waals surface area contributed by atoms with Crippen LogP contribution < -0.4 is 19.1 Å². The summed E-state index contributed by atoms with van der Waals surface area (Å²) in [6.07, 6.45) is 0. The highest BCUT2D eigenvalue weighted by Crippen LogP contribution is 2.44. The van der Waals surface area contributed by atoms with Gasteiger partial charge >= 0.3 is 5.91 Å². The molecule has 1 atom stereocenters. The van der Waals surface area contributed by atoms with Crippen molar-refractivity contribution in [3.63, 3.8) is 0 Å². The van der Waals surface area contributed by atoms with Crippen LogP contribution in [0.3, 0.4) is 0 Å². The zero-order valence-corrected chi connectivity index (χ0v) is 20.4. The number of ketones is 1. The molecule has 1 saturated heterocycles. The number of aromatic amines is 1. The Morgan fingerprint density at radius 3 is 2.37 bits per heavy atom. The van der Waals surface area contributed by atoms with Crippen LogP contribution in [0.15, 0.2) is 60.2 Å². The number of H-pyrrole nitrogens is 1. The summed E-state index contributed by atoms with van der Waals surface area (Å²) in [6.45, 7) is 0. The van der Waals surface area contributed by atoms with Gasteiger partial charge in [0.15, 0.2) is 11.6 Å². The van der Waals surface area contributed by atoms with Crippen LogP contribution in [0.5, 0.6) is 17.2 Å². The molecule has 1 aliphatic heterocycles. The third kappa shape index (κ3) is 3.97. The van der Waals surface area contributed by atoms with Crippen molar-refractivity contribution in [1.29, 1.82) is 0 Å². The van der Waals surface area contributed by atoms with Crippen LogP contribution in [-0.4, -0.2) is 48.1 Å². The van der Waals surface area contributed by atoms with E-state index in [0.29, 0.717) is 17.1 Å². The maximum atomic E-state index is 13.8. The third-order valence-corrected chi connectivity index (χ3v) is 6.26. The van der Waals surface area contributed by atoms with Crippen LogP contribution in [0.25, 0.3) is 16.8 Å². The highest BCUT2D eigenvalue weighted by atomic mass is 19.2. The van der Waals surface area contributed by atoms with E-state index >= 15 is 0 Å². The average molecular weight is 521 g/mol. The number of rotatable bonds is 6. The maximum absolute atomic E-state index is 13.8. The molecule has 5 rings (SSSR count). The number of benzene rings is 3. The van der Waals surface area contributed by atoms with Crippen molar-refractivity contribution < 1.29 is 37.7 Å². The van der Waals surface area contributed by atoms with Crippen LogP contribution in [0.2, 0.25) is 0 Å². The highest BCUT2D eigenvalue weighted by Gasteiger charge is 2.48. The molecule has 2 heterocycles. The molecular weight excluding hydrogens is 500 g/mol. The van der Waals surface area contributed by atoms with Crippen LogP contribution in [0.1, 0.15) is 17.2 Å². The lowest BCUT2D eigenvalue weighted by Gasteiger charge is -2.23. The molecule has 1 aliphatic rings. The zero-order chi connectivity index (χ0) is 27.1. The SMILES string of the molecule is COc1cccc(C2/C(=C(\O)c3ccc(OC)cc3OC)C(=O)C(=O)N2c2nc3cc(F)c(F)cc3[nH]2)c1. The van der Waals surface area contributed by atoms with Crippen molar-refractivity contribution in [3.05, 3.63) is 82.9 Å². The van der Waals surface area contributed by atoms with Gasteiger partial charge in [-0.3, -0.25) is 14.5 Å². The van der Waals surface area contributed by atoms with Crippen molar-refractivity contribution in [3.8, 4) is 17.2 Å². The van der Waals surface area contributed by atoms with E-state index in [2.05, 4.69) is 9.97 Å². The minimum absolute atomic E-state index is 0.0435. The summed E-state index contributed by atoms with van der Waals surface area (Å²) in [5.41, 5.74) is 0.469. The summed E-state index contributed by atoms with van der Waals surface area (Å²) >= 11 is 0. The molecule has 9 nitrogen and oxygen atoms in total. The molecule has 1 fully saturated rings. The van der Waals surface area contributed by atoms with Gasteiger partial charge in [-0.2, -0.15) is 0 Å². The molecule has 11 heteroatoms. The number of Topliss-reactive ketones (excluding diaryl/α,β-unsaturated/α-hetero) is 1. The Bertz CT molecular complexity index is 1590. The van der Waals surface area contributed by atoms with E-state index in [1.165, 1.54) is 33.5 Å². The van der Waals surface area contributed by atoms with Crippen LogP contribution in [0.4, 0.5) is 14.7 Å². The Morgan fingerprint density at radius 1 is 0.947 bits per heavy atom. The Balaban J connectivity index is 1.75. The molecule has 1 aromatic heterocycles. The maximum Gasteiger partial charge on any atom is 0.302 e. The molecule has 194 valence electrons. The first-order chi connectivity index (χ1) is 18.3. The summed E-state index contributed by atoms with van der Waals surface area (Å²) in [6, 6.07) is 11.8. The van der Waals surface area contributed by atoms with Gasteiger partial charge in [-0.1, -0.05) is 12.1 Å². The minimum Gasteiger partial charge on any atom is -0.507 e. The lowest BCUT2D eigenvalue weighted by Crippen LogP contribution is -2.30. The second-order valence-corrected chi connectivity index (χ2v) is 8.36. The molecular formula is C27H21F2N3O6. The number of aliphatic hydroxyl groups is 1. The third-order valence-electron chi connectivity index (χ3n) is 6.26. The Labute approximate surface area is 214 Å². The number of hydrogen-bond acceptors (Lipinski definition) is 7. The van der Waals surface area contributed by atoms with E-state index in [-0.39, 0.29) is 33.9 Å². The fourth-order valence-electron chi connectivity index (χ4n) is 4.42. The number of nitrogens with zero attached hydrogens (tertiary/aromatic N) is 2. The minimum atomic E-state index is -1.17. The number of anilines is 1. The van der Waals surface area contributed by atoms with Gasteiger partial charge in [-0.25, -0.2) is 13.8 Å². The van der Waals surface area contributed by atoms with Crippen molar-refractivity contribution >= 4 is 34.4 Å². The number of carbonyl (C=O) groups excluding carboxylic acids is 2. The predicted molar refractivity (Wildman–Crippen MR) is 133 cm³/mol. The van der Waals surface area contributed by atoms with Gasteiger partial charge in [0.2, 0.25) is 5.95 Å². The van der Waals surface area contributed by atoms with Gasteiger partial charge in [0.25, 0.3) is 5.78 Å². The van der Waals surface area contributed by atoms with E-state index in [9.17, 15) is 23.5 Å². The summed E-state index contributed by atoms with van der Waals surface area (Å²) in [5, 5.41) is 11.4. The molecule has 3 aromatic carbocycles. The number of imidazole rings is 1. The number of ether oxygens (including phenoxy) is 3. The Hall–Kier alpha value is -4.93. The summed E-state index contributed by atoms with van der Waals surface area (Å²) in [4.78, 5) is 34.9. The van der Waals surface area contributed by atoms with Crippen molar-refractivity contribution in [1.82, 2.24) is 9.97 Å². The van der Waals surface area contributed by atoms with Crippen LogP contribution in [-0.2, 0) is 9.59 Å². The topological polar surface area (TPSA) is 114 Å². The average Bonchev–Trinajstić information content (AvgIpc) is 3.45. The lowest BCUT2D eigenvalue weighted by molar-refractivity contribution is -0.132. The Kier molecular flexibility index (Phi) is 6.19. The second-order valence-electron chi connectivity index (χ2n) is 8.36. The van der Waals surface area contributed by atoms with Gasteiger partial charge < -0.3 is 24.3 Å². The standard InChI is InChI=1S/C27H21F2N3O6/c1-36-14-6-4-5-13(9-14)23-22(24(33)16-8-7-15(37-2)10-21(16)38-3)25(34)26(35)32(23)27-30-19-11-17(28)18(29)12-20(19)31-27/h4-12,23,33H,1-3H3,(H,30,31)/b24-22+. The molecule has 1 amide bonds. The molecule has 0 bridgehead atoms. The fourth-order valence-corrected chi connectivity index (χ4v) is 4.42. The molecule has 2 N–H and O–H groups in total. The molecule has 0 saturated carbocycles. The first kappa shape index (κ1) is 24.8. The quantitative estimate of drug-likeness (QED) is 0.218. The number of methoxy groups -OCH3 is 3. The summed E-state index contributed by atoms with van der Waals surface area (Å²) < 4.78 is 43.6. The summed E-state index contributed by atoms with van der Waals surface area (Å²) in [7, 11) is 4.31. The summed E-state index contributed by atoms with van der Waals surface area (Å²) in [5.74, 6) is -3.77. The van der Waals surface area contributed by atoms with Crippen LogP contribution >= 0.6 is 0 Å². The number of hydrogen-bond donors (Lipinski definition) is 2. The molecule has 0 radical (unpaired) electrons. The zero-order valence-electron chi connectivity index (χ0n) is 20.4. The van der Waals surface area contributed by atoms with Gasteiger partial charge in [0, 0.05) is 18.2 Å². The monoisotopic (exact) mass is 521 g/mol. The number of nitrogens with one attached hydrogen (secondary N) is 1. The number of aliphatic hydroxyl groups excluding tert-OH is 1. The van der Waals surface area contributed by atoms with E-state index < -0.39 is 35.1 Å². The van der Waals surface area contributed by atoms with E-state index in [0.717, 1.165) is 17.0 Å². The first-order valence-electron chi connectivity index (χ1n) is 11.3. The molecule has 38 heavy (non-hydrogen) atoms. The number of amides is 1. The number of halogens is 2. The van der Waals surface area contributed by atoms with Crippen LogP contribution in [0, 0.1) is 11.6 Å².